The monoisotopic (exact) mass is 343 g/mol. The summed E-state index contributed by atoms with van der Waals surface area (Å²) in [4.78, 5) is 10.6. The minimum absolute atomic E-state index is 0.0755. The molecule has 0 N–H and O–H groups in total. The van der Waals surface area contributed by atoms with Gasteiger partial charge in [-0.3, -0.25) is 10.1 Å². The van der Waals surface area contributed by atoms with Gasteiger partial charge in [-0.15, -0.1) is 0 Å². The Kier molecular flexibility index (Phi) is 5.99. The summed E-state index contributed by atoms with van der Waals surface area (Å²) in [6, 6.07) is 3.34. The van der Waals surface area contributed by atoms with Crippen LogP contribution in [0.25, 0.3) is 0 Å². The van der Waals surface area contributed by atoms with Gasteiger partial charge in [0.05, 0.1) is 17.6 Å². The highest BCUT2D eigenvalue weighted by Gasteiger charge is 2.26. The standard InChI is InChI=1S/C15H22BrNO3/c1-5-15(6-2,9-16)10-20-14-8-13(17(18)19)11(3)7-12(14)4/h7-8H,5-6,9-10H2,1-4H3. The molecule has 0 atom stereocenters. The summed E-state index contributed by atoms with van der Waals surface area (Å²) >= 11 is 3.55. The number of alkyl halides is 1. The largest absolute Gasteiger partial charge is 0.492 e. The van der Waals surface area contributed by atoms with Crippen molar-refractivity contribution < 1.29 is 9.66 Å². The molecule has 20 heavy (non-hydrogen) atoms. The number of ether oxygens (including phenoxy) is 1. The van der Waals surface area contributed by atoms with Crippen LogP contribution in [0, 0.1) is 29.4 Å². The molecule has 0 amide bonds. The molecule has 1 aromatic rings. The van der Waals surface area contributed by atoms with E-state index in [4.69, 9.17) is 4.74 Å². The zero-order chi connectivity index (χ0) is 15.3. The maximum absolute atomic E-state index is 11.0. The summed E-state index contributed by atoms with van der Waals surface area (Å²) < 4.78 is 5.89. The van der Waals surface area contributed by atoms with Crippen LogP contribution in [0.1, 0.15) is 37.8 Å². The van der Waals surface area contributed by atoms with Gasteiger partial charge in [0.15, 0.2) is 0 Å². The number of nitro benzene ring substituents is 1. The molecule has 1 rings (SSSR count). The SMILES string of the molecule is CCC(CC)(CBr)COc1cc([N+](=O)[O-])c(C)cc1C. The third kappa shape index (κ3) is 3.72. The van der Waals surface area contributed by atoms with Gasteiger partial charge in [0.1, 0.15) is 5.75 Å². The number of rotatable bonds is 7. The van der Waals surface area contributed by atoms with Crippen molar-refractivity contribution in [3.05, 3.63) is 33.4 Å². The minimum Gasteiger partial charge on any atom is -0.492 e. The Morgan fingerprint density at radius 3 is 2.30 bits per heavy atom. The highest BCUT2D eigenvalue weighted by atomic mass is 79.9. The van der Waals surface area contributed by atoms with Crippen molar-refractivity contribution in [2.45, 2.75) is 40.5 Å². The van der Waals surface area contributed by atoms with Crippen LogP contribution in [-0.4, -0.2) is 16.9 Å². The minimum atomic E-state index is -0.362. The van der Waals surface area contributed by atoms with Gasteiger partial charge in [-0.05, 0) is 38.3 Å². The van der Waals surface area contributed by atoms with Gasteiger partial charge >= 0.3 is 0 Å². The van der Waals surface area contributed by atoms with E-state index in [1.807, 2.05) is 6.92 Å². The molecular formula is C15H22BrNO3. The van der Waals surface area contributed by atoms with E-state index in [1.54, 1.807) is 13.0 Å². The fourth-order valence-electron chi connectivity index (χ4n) is 2.09. The molecule has 0 saturated carbocycles. The predicted octanol–water partition coefficient (Wildman–Crippen LogP) is 4.79. The van der Waals surface area contributed by atoms with Crippen molar-refractivity contribution in [3.63, 3.8) is 0 Å². The van der Waals surface area contributed by atoms with Crippen LogP contribution in [0.4, 0.5) is 5.69 Å². The topological polar surface area (TPSA) is 52.4 Å². The lowest BCUT2D eigenvalue weighted by Gasteiger charge is -2.29. The molecule has 0 bridgehead atoms. The van der Waals surface area contributed by atoms with Crippen LogP contribution in [0.2, 0.25) is 0 Å². The average molecular weight is 344 g/mol. The molecule has 0 heterocycles. The van der Waals surface area contributed by atoms with Crippen LogP contribution in [0.3, 0.4) is 0 Å². The first kappa shape index (κ1) is 17.0. The maximum atomic E-state index is 11.0. The molecule has 0 aliphatic rings. The number of hydrogen-bond acceptors (Lipinski definition) is 3. The Hall–Kier alpha value is -1.10. The molecule has 0 aliphatic carbocycles. The molecule has 0 spiro atoms. The van der Waals surface area contributed by atoms with Crippen molar-refractivity contribution in [1.82, 2.24) is 0 Å². The van der Waals surface area contributed by atoms with Crippen molar-refractivity contribution in [3.8, 4) is 5.75 Å². The zero-order valence-corrected chi connectivity index (χ0v) is 14.1. The first-order valence-electron chi connectivity index (χ1n) is 6.83. The summed E-state index contributed by atoms with van der Waals surface area (Å²) in [5.41, 5.74) is 1.79. The number of nitro groups is 1. The first-order chi connectivity index (χ1) is 9.39. The van der Waals surface area contributed by atoms with Crippen molar-refractivity contribution >= 4 is 21.6 Å². The lowest BCUT2D eigenvalue weighted by molar-refractivity contribution is -0.385. The van der Waals surface area contributed by atoms with E-state index in [-0.39, 0.29) is 16.0 Å². The van der Waals surface area contributed by atoms with Gasteiger partial charge in [-0.25, -0.2) is 0 Å². The molecule has 4 nitrogen and oxygen atoms in total. The molecule has 1 aromatic carbocycles. The second kappa shape index (κ2) is 7.07. The van der Waals surface area contributed by atoms with Gasteiger partial charge < -0.3 is 4.74 Å². The fraction of sp³-hybridized carbons (Fsp3) is 0.600. The van der Waals surface area contributed by atoms with Crippen LogP contribution in [-0.2, 0) is 0 Å². The Labute approximate surface area is 128 Å². The Morgan fingerprint density at radius 2 is 1.85 bits per heavy atom. The Bertz CT molecular complexity index is 476. The van der Waals surface area contributed by atoms with Crippen molar-refractivity contribution in [2.24, 2.45) is 5.41 Å². The number of hydrogen-bond donors (Lipinski definition) is 0. The fourth-order valence-corrected chi connectivity index (χ4v) is 3.04. The van der Waals surface area contributed by atoms with E-state index in [1.165, 1.54) is 6.07 Å². The van der Waals surface area contributed by atoms with Crippen LogP contribution < -0.4 is 4.74 Å². The van der Waals surface area contributed by atoms with E-state index in [0.29, 0.717) is 17.9 Å². The number of halogens is 1. The zero-order valence-electron chi connectivity index (χ0n) is 12.5. The summed E-state index contributed by atoms with van der Waals surface area (Å²) in [7, 11) is 0. The normalized spacial score (nSPS) is 11.4. The number of benzene rings is 1. The van der Waals surface area contributed by atoms with Crippen LogP contribution in [0.15, 0.2) is 12.1 Å². The van der Waals surface area contributed by atoms with E-state index in [9.17, 15) is 10.1 Å². The quantitative estimate of drug-likeness (QED) is 0.406. The summed E-state index contributed by atoms with van der Waals surface area (Å²) in [5.74, 6) is 0.606. The van der Waals surface area contributed by atoms with E-state index in [0.717, 1.165) is 23.7 Å². The highest BCUT2D eigenvalue weighted by Crippen LogP contribution is 2.33. The molecule has 0 saturated heterocycles. The van der Waals surface area contributed by atoms with Crippen LogP contribution >= 0.6 is 15.9 Å². The van der Waals surface area contributed by atoms with Gasteiger partial charge in [-0.1, -0.05) is 29.8 Å². The molecular weight excluding hydrogens is 322 g/mol. The molecule has 5 heteroatoms. The van der Waals surface area contributed by atoms with E-state index in [2.05, 4.69) is 29.8 Å². The van der Waals surface area contributed by atoms with Crippen molar-refractivity contribution in [1.29, 1.82) is 0 Å². The van der Waals surface area contributed by atoms with Gasteiger partial charge in [-0.2, -0.15) is 0 Å². The third-order valence-corrected chi connectivity index (χ3v) is 5.20. The highest BCUT2D eigenvalue weighted by molar-refractivity contribution is 9.09. The Balaban J connectivity index is 2.98. The van der Waals surface area contributed by atoms with Crippen LogP contribution in [0.5, 0.6) is 5.75 Å². The number of aryl methyl sites for hydroxylation is 2. The van der Waals surface area contributed by atoms with Gasteiger partial charge in [0.2, 0.25) is 0 Å². The summed E-state index contributed by atoms with van der Waals surface area (Å²) in [6.07, 6.45) is 2.00. The average Bonchev–Trinajstić information content (AvgIpc) is 2.42. The summed E-state index contributed by atoms with van der Waals surface area (Å²) in [5, 5.41) is 11.9. The molecule has 0 unspecified atom stereocenters. The van der Waals surface area contributed by atoms with Gasteiger partial charge in [0, 0.05) is 16.3 Å². The maximum Gasteiger partial charge on any atom is 0.276 e. The van der Waals surface area contributed by atoms with E-state index >= 15 is 0 Å². The van der Waals surface area contributed by atoms with Gasteiger partial charge in [0.25, 0.3) is 5.69 Å². The third-order valence-electron chi connectivity index (χ3n) is 4.01. The molecule has 0 radical (unpaired) electrons. The molecule has 0 fully saturated rings. The summed E-state index contributed by atoms with van der Waals surface area (Å²) in [6.45, 7) is 8.50. The second-order valence-electron chi connectivity index (χ2n) is 5.29. The van der Waals surface area contributed by atoms with E-state index < -0.39 is 0 Å². The molecule has 0 aromatic heterocycles. The smallest absolute Gasteiger partial charge is 0.276 e. The lowest BCUT2D eigenvalue weighted by atomic mass is 9.86. The second-order valence-corrected chi connectivity index (χ2v) is 5.85. The Morgan fingerprint density at radius 1 is 1.25 bits per heavy atom. The number of nitrogens with zero attached hydrogens (tertiary/aromatic N) is 1. The van der Waals surface area contributed by atoms with Crippen molar-refractivity contribution in [2.75, 3.05) is 11.9 Å². The molecule has 112 valence electrons. The molecule has 0 aliphatic heterocycles. The first-order valence-corrected chi connectivity index (χ1v) is 7.95. The lowest BCUT2D eigenvalue weighted by Crippen LogP contribution is -2.29. The predicted molar refractivity (Wildman–Crippen MR) is 84.9 cm³/mol.